The van der Waals surface area contributed by atoms with E-state index in [-0.39, 0.29) is 11.7 Å². The number of morpholine rings is 1. The van der Waals surface area contributed by atoms with Gasteiger partial charge in [-0.1, -0.05) is 42.5 Å². The molecule has 1 aliphatic heterocycles. The average molecular weight is 366 g/mol. The van der Waals surface area contributed by atoms with E-state index in [1.807, 2.05) is 42.5 Å². The van der Waals surface area contributed by atoms with Gasteiger partial charge < -0.3 is 10.1 Å². The Hall–Kier alpha value is -2.50. The summed E-state index contributed by atoms with van der Waals surface area (Å²) in [5.74, 6) is 0.0210. The SMILES string of the molecule is O=C(CCCC(=O)c1ccccc1)Nc1ccc(CN2CCOCC2)cc1. The third kappa shape index (κ3) is 6.31. The zero-order valence-electron chi connectivity index (χ0n) is 15.5. The van der Waals surface area contributed by atoms with Crippen molar-refractivity contribution in [2.45, 2.75) is 25.8 Å². The molecule has 1 fully saturated rings. The summed E-state index contributed by atoms with van der Waals surface area (Å²) in [6.07, 6.45) is 1.28. The van der Waals surface area contributed by atoms with Crippen LogP contribution in [-0.2, 0) is 16.1 Å². The van der Waals surface area contributed by atoms with Crippen LogP contribution in [0.4, 0.5) is 5.69 Å². The van der Waals surface area contributed by atoms with Gasteiger partial charge in [-0.05, 0) is 24.1 Å². The molecule has 0 radical (unpaired) electrons. The molecule has 2 aromatic carbocycles. The highest BCUT2D eigenvalue weighted by atomic mass is 16.5. The van der Waals surface area contributed by atoms with Gasteiger partial charge in [0.1, 0.15) is 0 Å². The molecule has 0 spiro atoms. The third-order valence-corrected chi connectivity index (χ3v) is 4.65. The van der Waals surface area contributed by atoms with Crippen LogP contribution < -0.4 is 5.32 Å². The van der Waals surface area contributed by atoms with Crippen molar-refractivity contribution in [1.29, 1.82) is 0 Å². The normalized spacial score (nSPS) is 14.7. The van der Waals surface area contributed by atoms with E-state index < -0.39 is 0 Å². The van der Waals surface area contributed by atoms with Gasteiger partial charge in [0.05, 0.1) is 13.2 Å². The molecule has 1 N–H and O–H groups in total. The summed E-state index contributed by atoms with van der Waals surface area (Å²) >= 11 is 0. The minimum atomic E-state index is -0.0585. The monoisotopic (exact) mass is 366 g/mol. The van der Waals surface area contributed by atoms with Crippen LogP contribution in [0.15, 0.2) is 54.6 Å². The van der Waals surface area contributed by atoms with Crippen LogP contribution in [0.5, 0.6) is 0 Å². The number of benzene rings is 2. The lowest BCUT2D eigenvalue weighted by Crippen LogP contribution is -2.35. The van der Waals surface area contributed by atoms with E-state index in [1.54, 1.807) is 12.1 Å². The van der Waals surface area contributed by atoms with Crippen molar-refractivity contribution in [1.82, 2.24) is 4.90 Å². The summed E-state index contributed by atoms with van der Waals surface area (Å²) < 4.78 is 5.36. The molecule has 0 saturated carbocycles. The predicted octanol–water partition coefficient (Wildman–Crippen LogP) is 3.51. The zero-order chi connectivity index (χ0) is 18.9. The second kappa shape index (κ2) is 10.00. The molecule has 1 saturated heterocycles. The van der Waals surface area contributed by atoms with E-state index >= 15 is 0 Å². The van der Waals surface area contributed by atoms with E-state index in [2.05, 4.69) is 10.2 Å². The quantitative estimate of drug-likeness (QED) is 0.727. The van der Waals surface area contributed by atoms with Crippen molar-refractivity contribution < 1.29 is 14.3 Å². The van der Waals surface area contributed by atoms with Crippen molar-refractivity contribution in [3.8, 4) is 0 Å². The first kappa shape index (κ1) is 19.3. The lowest BCUT2D eigenvalue weighted by molar-refractivity contribution is -0.116. The van der Waals surface area contributed by atoms with Crippen molar-refractivity contribution in [2.75, 3.05) is 31.6 Å². The summed E-state index contributed by atoms with van der Waals surface area (Å²) in [6, 6.07) is 17.2. The molecule has 1 aliphatic rings. The number of amides is 1. The number of hydrogen-bond donors (Lipinski definition) is 1. The molecule has 0 atom stereocenters. The lowest BCUT2D eigenvalue weighted by Gasteiger charge is -2.26. The molecule has 0 unspecified atom stereocenters. The number of anilines is 1. The van der Waals surface area contributed by atoms with Crippen LogP contribution in [0.25, 0.3) is 0 Å². The molecule has 5 nitrogen and oxygen atoms in total. The molecule has 0 aliphatic carbocycles. The van der Waals surface area contributed by atoms with E-state index in [1.165, 1.54) is 5.56 Å². The second-order valence-corrected chi connectivity index (χ2v) is 6.78. The van der Waals surface area contributed by atoms with E-state index in [9.17, 15) is 9.59 Å². The van der Waals surface area contributed by atoms with Gasteiger partial charge in [0.15, 0.2) is 5.78 Å². The van der Waals surface area contributed by atoms with Crippen LogP contribution in [0, 0.1) is 0 Å². The fraction of sp³-hybridized carbons (Fsp3) is 0.364. The van der Waals surface area contributed by atoms with E-state index in [4.69, 9.17) is 4.74 Å². The average Bonchev–Trinajstić information content (AvgIpc) is 2.71. The summed E-state index contributed by atoms with van der Waals surface area (Å²) in [6.45, 7) is 4.40. The van der Waals surface area contributed by atoms with Crippen molar-refractivity contribution in [3.05, 3.63) is 65.7 Å². The highest BCUT2D eigenvalue weighted by Crippen LogP contribution is 2.14. The Bertz CT molecular complexity index is 738. The topological polar surface area (TPSA) is 58.6 Å². The van der Waals surface area contributed by atoms with Crippen molar-refractivity contribution >= 4 is 17.4 Å². The van der Waals surface area contributed by atoms with Crippen molar-refractivity contribution in [2.24, 2.45) is 0 Å². The Morgan fingerprint density at radius 2 is 1.63 bits per heavy atom. The Balaban J connectivity index is 1.39. The summed E-state index contributed by atoms with van der Waals surface area (Å²) in [7, 11) is 0. The van der Waals surface area contributed by atoms with Gasteiger partial charge in [0.2, 0.25) is 5.91 Å². The number of ether oxygens (including phenoxy) is 1. The standard InChI is InChI=1S/C22H26N2O3/c25-21(19-5-2-1-3-6-19)7-4-8-22(26)23-20-11-9-18(10-12-20)17-24-13-15-27-16-14-24/h1-3,5-6,9-12H,4,7-8,13-17H2,(H,23,26). The number of carbonyl (C=O) groups excluding carboxylic acids is 2. The maximum atomic E-state index is 12.1. The molecule has 1 amide bonds. The van der Waals surface area contributed by atoms with Crippen molar-refractivity contribution in [3.63, 3.8) is 0 Å². The molecule has 0 aromatic heterocycles. The number of nitrogens with one attached hydrogen (secondary N) is 1. The van der Waals surface area contributed by atoms with E-state index in [0.29, 0.717) is 24.8 Å². The fourth-order valence-electron chi connectivity index (χ4n) is 3.11. The fourth-order valence-corrected chi connectivity index (χ4v) is 3.11. The maximum absolute atomic E-state index is 12.1. The van der Waals surface area contributed by atoms with Gasteiger partial charge in [-0.15, -0.1) is 0 Å². The number of ketones is 1. The number of nitrogens with zero attached hydrogens (tertiary/aromatic N) is 1. The van der Waals surface area contributed by atoms with Gasteiger partial charge in [0.25, 0.3) is 0 Å². The first-order chi connectivity index (χ1) is 13.2. The predicted molar refractivity (Wildman–Crippen MR) is 106 cm³/mol. The highest BCUT2D eigenvalue weighted by molar-refractivity contribution is 5.96. The van der Waals surface area contributed by atoms with Crippen LogP contribution in [0.1, 0.15) is 35.2 Å². The molecule has 5 heteroatoms. The smallest absolute Gasteiger partial charge is 0.224 e. The molecule has 0 bridgehead atoms. The number of Topliss-reactive ketones (excluding diaryl/α,β-unsaturated/α-hetero) is 1. The van der Waals surface area contributed by atoms with Gasteiger partial charge in [-0.3, -0.25) is 14.5 Å². The molecule has 27 heavy (non-hydrogen) atoms. The number of hydrogen-bond acceptors (Lipinski definition) is 4. The largest absolute Gasteiger partial charge is 0.379 e. The van der Waals surface area contributed by atoms with Crippen LogP contribution in [-0.4, -0.2) is 42.9 Å². The zero-order valence-corrected chi connectivity index (χ0v) is 15.5. The maximum Gasteiger partial charge on any atom is 0.224 e. The van der Waals surface area contributed by atoms with Gasteiger partial charge in [0, 0.05) is 43.7 Å². The summed E-state index contributed by atoms with van der Waals surface area (Å²) in [5.41, 5.74) is 2.72. The minimum absolute atomic E-state index is 0.0585. The van der Waals surface area contributed by atoms with Gasteiger partial charge in [-0.25, -0.2) is 0 Å². The molecular formula is C22H26N2O3. The summed E-state index contributed by atoms with van der Waals surface area (Å²) in [5, 5.41) is 2.90. The van der Waals surface area contributed by atoms with Gasteiger partial charge >= 0.3 is 0 Å². The Morgan fingerprint density at radius 1 is 0.926 bits per heavy atom. The lowest BCUT2D eigenvalue weighted by atomic mass is 10.1. The molecule has 1 heterocycles. The first-order valence-corrected chi connectivity index (χ1v) is 9.48. The third-order valence-electron chi connectivity index (χ3n) is 4.65. The number of rotatable bonds is 8. The highest BCUT2D eigenvalue weighted by Gasteiger charge is 2.11. The molecule has 3 rings (SSSR count). The number of carbonyl (C=O) groups is 2. The molecular weight excluding hydrogens is 340 g/mol. The molecule has 142 valence electrons. The van der Waals surface area contributed by atoms with Crippen LogP contribution >= 0.6 is 0 Å². The Kier molecular flexibility index (Phi) is 7.13. The van der Waals surface area contributed by atoms with Crippen LogP contribution in [0.2, 0.25) is 0 Å². The minimum Gasteiger partial charge on any atom is -0.379 e. The van der Waals surface area contributed by atoms with E-state index in [0.717, 1.165) is 38.5 Å². The van der Waals surface area contributed by atoms with Gasteiger partial charge in [-0.2, -0.15) is 0 Å². The Morgan fingerprint density at radius 3 is 2.33 bits per heavy atom. The first-order valence-electron chi connectivity index (χ1n) is 9.48. The second-order valence-electron chi connectivity index (χ2n) is 6.78. The summed E-state index contributed by atoms with van der Waals surface area (Å²) in [4.78, 5) is 26.5. The van der Waals surface area contributed by atoms with Crippen LogP contribution in [0.3, 0.4) is 0 Å². The Labute approximate surface area is 160 Å². The molecule has 2 aromatic rings.